The van der Waals surface area contributed by atoms with Crippen LogP contribution in [0.4, 0.5) is 16.0 Å². The number of nitrogens with zero attached hydrogens (tertiary/aromatic N) is 5. The largest absolute Gasteiger partial charge is 0.494 e. The third-order valence-electron chi connectivity index (χ3n) is 5.02. The molecule has 0 radical (unpaired) electrons. The number of fused-ring (bicyclic) bond motifs is 1. The highest BCUT2D eigenvalue weighted by Crippen LogP contribution is 2.30. The third kappa shape index (κ3) is 3.65. The first-order chi connectivity index (χ1) is 15.5. The molecular weight excluding hydrogens is 431 g/mol. The molecule has 0 unspecified atom stereocenters. The second-order valence-electron chi connectivity index (χ2n) is 7.19. The van der Waals surface area contributed by atoms with Crippen molar-refractivity contribution in [1.29, 1.82) is 0 Å². The summed E-state index contributed by atoms with van der Waals surface area (Å²) in [5, 5.41) is 7.78. The van der Waals surface area contributed by atoms with Crippen molar-refractivity contribution in [2.75, 3.05) is 12.4 Å². The van der Waals surface area contributed by atoms with Crippen LogP contribution in [0.15, 0.2) is 67.3 Å². The van der Waals surface area contributed by atoms with E-state index >= 15 is 0 Å². The summed E-state index contributed by atoms with van der Waals surface area (Å²) >= 11 is 5.97. The van der Waals surface area contributed by atoms with Gasteiger partial charge in [0.25, 0.3) is 0 Å². The van der Waals surface area contributed by atoms with Crippen molar-refractivity contribution < 1.29 is 9.13 Å². The van der Waals surface area contributed by atoms with Crippen LogP contribution in [0.25, 0.3) is 22.5 Å². The summed E-state index contributed by atoms with van der Waals surface area (Å²) in [6.07, 6.45) is 5.47. The Labute approximate surface area is 188 Å². The van der Waals surface area contributed by atoms with Crippen molar-refractivity contribution in [3.63, 3.8) is 0 Å². The van der Waals surface area contributed by atoms with E-state index in [4.69, 9.17) is 16.3 Å². The molecule has 5 rings (SSSR count). The van der Waals surface area contributed by atoms with Crippen LogP contribution >= 0.6 is 11.6 Å². The Balaban J connectivity index is 1.49. The number of nitrogens with one attached hydrogen (secondary N) is 1. The second kappa shape index (κ2) is 7.97. The van der Waals surface area contributed by atoms with E-state index in [2.05, 4.69) is 20.4 Å². The minimum absolute atomic E-state index is 0.0580. The lowest BCUT2D eigenvalue weighted by Crippen LogP contribution is -1.98. The first-order valence-corrected chi connectivity index (χ1v) is 10.2. The standard InChI is InChI=1S/C23H18ClFN6O/c1-14-12-30(13-26-14)20-8-6-16(11-21(20)32-2)27-23-28-22-17(4-3-9-31(22)29-23)15-5-7-19(25)18(24)10-15/h3-13H,1-2H3,(H,27,29). The van der Waals surface area contributed by atoms with E-state index in [1.54, 1.807) is 36.3 Å². The van der Waals surface area contributed by atoms with Gasteiger partial charge in [0.1, 0.15) is 11.6 Å². The van der Waals surface area contributed by atoms with Crippen molar-refractivity contribution in [2.24, 2.45) is 0 Å². The van der Waals surface area contributed by atoms with Gasteiger partial charge in [0.2, 0.25) is 5.95 Å². The number of aryl methyl sites for hydroxylation is 1. The molecule has 5 aromatic rings. The minimum atomic E-state index is -0.463. The van der Waals surface area contributed by atoms with Gasteiger partial charge >= 0.3 is 0 Å². The summed E-state index contributed by atoms with van der Waals surface area (Å²) in [4.78, 5) is 8.89. The number of benzene rings is 2. The lowest BCUT2D eigenvalue weighted by molar-refractivity contribution is 0.413. The predicted octanol–water partition coefficient (Wildman–Crippen LogP) is 5.44. The first kappa shape index (κ1) is 20.0. The van der Waals surface area contributed by atoms with E-state index in [0.29, 0.717) is 17.3 Å². The molecule has 3 aromatic heterocycles. The smallest absolute Gasteiger partial charge is 0.247 e. The molecule has 0 bridgehead atoms. The maximum Gasteiger partial charge on any atom is 0.247 e. The van der Waals surface area contributed by atoms with Gasteiger partial charge in [-0.2, -0.15) is 4.98 Å². The number of imidazole rings is 1. The van der Waals surface area contributed by atoms with Crippen LogP contribution in [-0.2, 0) is 0 Å². The van der Waals surface area contributed by atoms with E-state index < -0.39 is 5.82 Å². The fourth-order valence-corrected chi connectivity index (χ4v) is 3.68. The molecule has 0 saturated carbocycles. The molecule has 7 nitrogen and oxygen atoms in total. The molecule has 0 saturated heterocycles. The Hall–Kier alpha value is -3.91. The zero-order valence-electron chi connectivity index (χ0n) is 17.3. The zero-order valence-corrected chi connectivity index (χ0v) is 18.0. The molecule has 3 heterocycles. The van der Waals surface area contributed by atoms with Crippen LogP contribution in [0, 0.1) is 12.7 Å². The maximum absolute atomic E-state index is 13.6. The molecular formula is C23H18ClFN6O. The van der Waals surface area contributed by atoms with Crippen molar-refractivity contribution in [1.82, 2.24) is 24.1 Å². The van der Waals surface area contributed by atoms with E-state index in [9.17, 15) is 4.39 Å². The normalized spacial score (nSPS) is 11.1. The summed E-state index contributed by atoms with van der Waals surface area (Å²) < 4.78 is 22.7. The van der Waals surface area contributed by atoms with Gasteiger partial charge in [0.15, 0.2) is 5.65 Å². The molecule has 0 atom stereocenters. The number of pyridine rings is 1. The lowest BCUT2D eigenvalue weighted by atomic mass is 10.1. The third-order valence-corrected chi connectivity index (χ3v) is 5.31. The maximum atomic E-state index is 13.6. The Kier molecular flexibility index (Phi) is 4.99. The predicted molar refractivity (Wildman–Crippen MR) is 122 cm³/mol. The number of ether oxygens (including phenoxy) is 1. The molecule has 1 N–H and O–H groups in total. The summed E-state index contributed by atoms with van der Waals surface area (Å²) in [6, 6.07) is 14.0. The molecule has 9 heteroatoms. The van der Waals surface area contributed by atoms with E-state index in [-0.39, 0.29) is 5.02 Å². The zero-order chi connectivity index (χ0) is 22.2. The number of rotatable bonds is 5. The van der Waals surface area contributed by atoms with Crippen molar-refractivity contribution >= 4 is 28.9 Å². The van der Waals surface area contributed by atoms with Crippen LogP contribution in [0.3, 0.4) is 0 Å². The Morgan fingerprint density at radius 1 is 1.12 bits per heavy atom. The highest BCUT2D eigenvalue weighted by molar-refractivity contribution is 6.31. The molecule has 0 fully saturated rings. The van der Waals surface area contributed by atoms with Crippen LogP contribution in [0.1, 0.15) is 5.69 Å². The number of anilines is 2. The highest BCUT2D eigenvalue weighted by Gasteiger charge is 2.13. The monoisotopic (exact) mass is 448 g/mol. The molecule has 0 aliphatic carbocycles. The molecule has 0 aliphatic rings. The van der Waals surface area contributed by atoms with Gasteiger partial charge in [-0.05, 0) is 48.9 Å². The van der Waals surface area contributed by atoms with Crippen LogP contribution in [0.2, 0.25) is 5.02 Å². The van der Waals surface area contributed by atoms with Gasteiger partial charge in [-0.1, -0.05) is 17.7 Å². The average Bonchev–Trinajstić information content (AvgIpc) is 3.41. The van der Waals surface area contributed by atoms with Gasteiger partial charge in [-0.15, -0.1) is 5.10 Å². The van der Waals surface area contributed by atoms with Gasteiger partial charge in [-0.3, -0.25) is 0 Å². The Morgan fingerprint density at radius 3 is 2.75 bits per heavy atom. The second-order valence-corrected chi connectivity index (χ2v) is 7.60. The Bertz CT molecular complexity index is 1440. The number of aromatic nitrogens is 5. The lowest BCUT2D eigenvalue weighted by Gasteiger charge is -2.11. The van der Waals surface area contributed by atoms with Crippen LogP contribution in [-0.4, -0.2) is 31.3 Å². The first-order valence-electron chi connectivity index (χ1n) is 9.78. The highest BCUT2D eigenvalue weighted by atomic mass is 35.5. The number of hydrogen-bond donors (Lipinski definition) is 1. The molecule has 0 amide bonds. The summed E-state index contributed by atoms with van der Waals surface area (Å²) in [5.41, 5.74) is 4.72. The van der Waals surface area contributed by atoms with Gasteiger partial charge < -0.3 is 14.6 Å². The van der Waals surface area contributed by atoms with Gasteiger partial charge in [0, 0.05) is 29.7 Å². The molecule has 0 spiro atoms. The minimum Gasteiger partial charge on any atom is -0.494 e. The van der Waals surface area contributed by atoms with Crippen LogP contribution in [0.5, 0.6) is 5.75 Å². The topological polar surface area (TPSA) is 69.3 Å². The van der Waals surface area contributed by atoms with Crippen LogP contribution < -0.4 is 10.1 Å². The van der Waals surface area contributed by atoms with Gasteiger partial charge in [0.05, 0.1) is 29.8 Å². The quantitative estimate of drug-likeness (QED) is 0.388. The van der Waals surface area contributed by atoms with E-state index in [0.717, 1.165) is 28.2 Å². The fourth-order valence-electron chi connectivity index (χ4n) is 3.50. The molecule has 160 valence electrons. The molecule has 0 aliphatic heterocycles. The van der Waals surface area contributed by atoms with E-state index in [1.807, 2.05) is 48.0 Å². The molecule has 32 heavy (non-hydrogen) atoms. The summed E-state index contributed by atoms with van der Waals surface area (Å²) in [5.74, 6) is 0.631. The summed E-state index contributed by atoms with van der Waals surface area (Å²) in [7, 11) is 1.62. The summed E-state index contributed by atoms with van der Waals surface area (Å²) in [6.45, 7) is 1.93. The molecule has 2 aromatic carbocycles. The van der Waals surface area contributed by atoms with Crippen molar-refractivity contribution in [2.45, 2.75) is 6.92 Å². The number of hydrogen-bond acceptors (Lipinski definition) is 5. The van der Waals surface area contributed by atoms with Gasteiger partial charge in [-0.25, -0.2) is 13.9 Å². The SMILES string of the molecule is COc1cc(Nc2nc3c(-c4ccc(F)c(Cl)c4)cccn3n2)ccc1-n1cnc(C)c1. The Morgan fingerprint density at radius 2 is 2.00 bits per heavy atom. The number of methoxy groups -OCH3 is 1. The van der Waals surface area contributed by atoms with Crippen molar-refractivity contribution in [3.05, 3.63) is 83.8 Å². The fraction of sp³-hybridized carbons (Fsp3) is 0.0870. The van der Waals surface area contributed by atoms with Crippen molar-refractivity contribution in [3.8, 4) is 22.6 Å². The average molecular weight is 449 g/mol. The van der Waals surface area contributed by atoms with E-state index in [1.165, 1.54) is 6.07 Å². The number of halogens is 2.